The highest BCUT2D eigenvalue weighted by molar-refractivity contribution is 5.58. The van der Waals surface area contributed by atoms with E-state index in [2.05, 4.69) is 28.1 Å². The largest absolute Gasteiger partial charge is 0.495 e. The number of hydrogen-bond acceptors (Lipinski definition) is 6. The second-order valence-electron chi connectivity index (χ2n) is 7.03. The molecule has 0 saturated carbocycles. The minimum absolute atomic E-state index is 0.0533. The van der Waals surface area contributed by atoms with Crippen molar-refractivity contribution < 1.29 is 4.74 Å². The molecule has 2 aromatic rings. The zero-order chi connectivity index (χ0) is 20.3. The van der Waals surface area contributed by atoms with Gasteiger partial charge in [0.05, 0.1) is 19.0 Å². The second-order valence-corrected chi connectivity index (χ2v) is 7.03. The zero-order valence-electron chi connectivity index (χ0n) is 17.0. The molecule has 1 aromatic heterocycles. The number of anilines is 2. The van der Waals surface area contributed by atoms with E-state index in [-0.39, 0.29) is 17.4 Å². The summed E-state index contributed by atoms with van der Waals surface area (Å²) in [6.45, 7) is 5.62. The molecule has 0 aliphatic carbocycles. The molecule has 1 N–H and O–H groups in total. The van der Waals surface area contributed by atoms with E-state index in [1.807, 2.05) is 18.2 Å². The Bertz CT molecular complexity index is 928. The van der Waals surface area contributed by atoms with Crippen LogP contribution in [0.25, 0.3) is 0 Å². The Morgan fingerprint density at radius 3 is 2.39 bits per heavy atom. The molecule has 3 rings (SSSR count). The summed E-state index contributed by atoms with van der Waals surface area (Å²) in [5.74, 6) is 1.43. The van der Waals surface area contributed by atoms with Crippen LogP contribution in [-0.4, -0.2) is 53.5 Å². The van der Waals surface area contributed by atoms with E-state index in [4.69, 9.17) is 4.74 Å². The van der Waals surface area contributed by atoms with Crippen molar-refractivity contribution in [1.82, 2.24) is 14.0 Å². The molecule has 0 amide bonds. The molecule has 28 heavy (non-hydrogen) atoms. The Hall–Kier alpha value is -2.74. The summed E-state index contributed by atoms with van der Waals surface area (Å²) >= 11 is 0. The van der Waals surface area contributed by atoms with Crippen LogP contribution in [0.3, 0.4) is 0 Å². The first-order valence-corrected chi connectivity index (χ1v) is 9.61. The zero-order valence-corrected chi connectivity index (χ0v) is 17.0. The molecule has 1 atom stereocenters. The fourth-order valence-corrected chi connectivity index (χ4v) is 3.66. The minimum atomic E-state index is -0.328. The van der Waals surface area contributed by atoms with Crippen LogP contribution < -0.4 is 26.2 Å². The fraction of sp³-hybridized carbons (Fsp3) is 0.500. The van der Waals surface area contributed by atoms with Crippen molar-refractivity contribution in [3.05, 3.63) is 51.2 Å². The number of nitrogens with zero attached hydrogens (tertiary/aromatic N) is 4. The van der Waals surface area contributed by atoms with Crippen molar-refractivity contribution in [2.24, 2.45) is 14.1 Å². The van der Waals surface area contributed by atoms with Crippen molar-refractivity contribution in [2.75, 3.05) is 43.5 Å². The molecule has 0 radical (unpaired) electrons. The van der Waals surface area contributed by atoms with Crippen LogP contribution in [0.1, 0.15) is 13.3 Å². The molecule has 8 nitrogen and oxygen atoms in total. The summed E-state index contributed by atoms with van der Waals surface area (Å²) in [6.07, 6.45) is 0.912. The Morgan fingerprint density at radius 2 is 1.75 bits per heavy atom. The summed E-state index contributed by atoms with van der Waals surface area (Å²) in [7, 11) is 4.86. The SMILES string of the molecule is CCC(Nc1cc(=O)n(C)c(=O)n1C)N1CCN(c2ccccc2OC)CC1. The third kappa shape index (κ3) is 3.91. The van der Waals surface area contributed by atoms with Gasteiger partial charge in [0, 0.05) is 46.3 Å². The maximum absolute atomic E-state index is 12.2. The van der Waals surface area contributed by atoms with Gasteiger partial charge in [0.15, 0.2) is 0 Å². The van der Waals surface area contributed by atoms with Gasteiger partial charge in [-0.25, -0.2) is 4.79 Å². The van der Waals surface area contributed by atoms with Gasteiger partial charge in [0.2, 0.25) is 0 Å². The van der Waals surface area contributed by atoms with Gasteiger partial charge in [-0.15, -0.1) is 0 Å². The number of piperazine rings is 1. The lowest BCUT2D eigenvalue weighted by Crippen LogP contribution is -2.53. The molecule has 152 valence electrons. The molecular weight excluding hydrogens is 358 g/mol. The van der Waals surface area contributed by atoms with E-state index < -0.39 is 0 Å². The highest BCUT2D eigenvalue weighted by atomic mass is 16.5. The molecular formula is C20H29N5O3. The highest BCUT2D eigenvalue weighted by Crippen LogP contribution is 2.28. The van der Waals surface area contributed by atoms with Crippen molar-refractivity contribution >= 4 is 11.5 Å². The quantitative estimate of drug-likeness (QED) is 0.799. The van der Waals surface area contributed by atoms with Gasteiger partial charge >= 0.3 is 5.69 Å². The van der Waals surface area contributed by atoms with Crippen LogP contribution in [0.5, 0.6) is 5.75 Å². The molecule has 8 heteroatoms. The highest BCUT2D eigenvalue weighted by Gasteiger charge is 2.24. The third-order valence-electron chi connectivity index (χ3n) is 5.41. The van der Waals surface area contributed by atoms with Crippen LogP contribution >= 0.6 is 0 Å². The first-order chi connectivity index (χ1) is 13.5. The van der Waals surface area contributed by atoms with Gasteiger partial charge in [-0.1, -0.05) is 19.1 Å². The molecule has 0 spiro atoms. The smallest absolute Gasteiger partial charge is 0.332 e. The number of hydrogen-bond donors (Lipinski definition) is 1. The van der Waals surface area contributed by atoms with Gasteiger partial charge in [-0.2, -0.15) is 0 Å². The molecule has 1 saturated heterocycles. The minimum Gasteiger partial charge on any atom is -0.495 e. The Kier molecular flexibility index (Phi) is 6.08. The monoisotopic (exact) mass is 387 g/mol. The number of nitrogens with one attached hydrogen (secondary N) is 1. The first kappa shape index (κ1) is 20.0. The van der Waals surface area contributed by atoms with Gasteiger partial charge in [0.25, 0.3) is 5.56 Å². The normalized spacial score (nSPS) is 16.1. The second kappa shape index (κ2) is 8.52. The molecule has 1 aliphatic rings. The number of para-hydroxylation sites is 2. The van der Waals surface area contributed by atoms with Crippen LogP contribution in [-0.2, 0) is 14.1 Å². The summed E-state index contributed by atoms with van der Waals surface area (Å²) in [5, 5.41) is 3.39. The first-order valence-electron chi connectivity index (χ1n) is 9.61. The van der Waals surface area contributed by atoms with Crippen LogP contribution in [0.2, 0.25) is 0 Å². The Morgan fingerprint density at radius 1 is 1.07 bits per heavy atom. The Labute approximate surface area is 164 Å². The van der Waals surface area contributed by atoms with Gasteiger partial charge in [0.1, 0.15) is 11.6 Å². The number of benzene rings is 1. The average Bonchev–Trinajstić information content (AvgIpc) is 2.74. The standard InChI is InChI=1S/C20H29N5O3/c1-5-17(21-18-14-19(26)23(3)20(27)22(18)2)25-12-10-24(11-13-25)15-8-6-7-9-16(15)28-4/h6-9,14,17,21H,5,10-13H2,1-4H3. The molecule has 0 bridgehead atoms. The Balaban J connectivity index is 1.71. The van der Waals surface area contributed by atoms with Gasteiger partial charge in [-0.05, 0) is 18.6 Å². The van der Waals surface area contributed by atoms with E-state index >= 15 is 0 Å². The number of aromatic nitrogens is 2. The van der Waals surface area contributed by atoms with Crippen LogP contribution in [0, 0.1) is 0 Å². The summed E-state index contributed by atoms with van der Waals surface area (Å²) in [5.41, 5.74) is 0.479. The lowest BCUT2D eigenvalue weighted by atomic mass is 10.2. The van der Waals surface area contributed by atoms with Crippen LogP contribution in [0.15, 0.2) is 39.9 Å². The van der Waals surface area contributed by atoms with E-state index in [0.717, 1.165) is 48.6 Å². The topological polar surface area (TPSA) is 71.7 Å². The van der Waals surface area contributed by atoms with Crippen LogP contribution in [0.4, 0.5) is 11.5 Å². The fourth-order valence-electron chi connectivity index (χ4n) is 3.66. The van der Waals surface area contributed by atoms with Crippen molar-refractivity contribution in [3.8, 4) is 5.75 Å². The predicted molar refractivity (Wildman–Crippen MR) is 111 cm³/mol. The maximum atomic E-state index is 12.2. The van der Waals surface area contributed by atoms with Gasteiger partial charge in [-0.3, -0.25) is 18.8 Å². The summed E-state index contributed by atoms with van der Waals surface area (Å²) < 4.78 is 8.08. The van der Waals surface area contributed by atoms with Gasteiger partial charge < -0.3 is 15.0 Å². The van der Waals surface area contributed by atoms with E-state index in [0.29, 0.717) is 5.82 Å². The van der Waals surface area contributed by atoms with Crippen molar-refractivity contribution in [1.29, 1.82) is 0 Å². The molecule has 1 unspecified atom stereocenters. The third-order valence-corrected chi connectivity index (χ3v) is 5.41. The summed E-state index contributed by atoms with van der Waals surface area (Å²) in [6, 6.07) is 9.55. The maximum Gasteiger partial charge on any atom is 0.332 e. The molecule has 1 aromatic carbocycles. The summed E-state index contributed by atoms with van der Waals surface area (Å²) in [4.78, 5) is 28.9. The number of ether oxygens (including phenoxy) is 1. The van der Waals surface area contributed by atoms with E-state index in [9.17, 15) is 9.59 Å². The number of rotatable bonds is 6. The average molecular weight is 387 g/mol. The van der Waals surface area contributed by atoms with E-state index in [1.54, 1.807) is 14.2 Å². The van der Waals surface area contributed by atoms with Crippen molar-refractivity contribution in [2.45, 2.75) is 19.5 Å². The van der Waals surface area contributed by atoms with Crippen molar-refractivity contribution in [3.63, 3.8) is 0 Å². The predicted octanol–water partition coefficient (Wildman–Crippen LogP) is 1.06. The number of methoxy groups -OCH3 is 1. The lowest BCUT2D eigenvalue weighted by molar-refractivity contribution is 0.197. The molecule has 1 aliphatic heterocycles. The molecule has 1 fully saturated rings. The lowest BCUT2D eigenvalue weighted by Gasteiger charge is -2.40. The van der Waals surface area contributed by atoms with E-state index in [1.165, 1.54) is 17.7 Å². The molecule has 2 heterocycles.